The monoisotopic (exact) mass is 191 g/mol. The summed E-state index contributed by atoms with van der Waals surface area (Å²) in [6.07, 6.45) is -1.59. The number of aliphatic hydroxyl groups excluding tert-OH is 1. The summed E-state index contributed by atoms with van der Waals surface area (Å²) in [6, 6.07) is 0. The molecule has 0 aromatic rings. The van der Waals surface area contributed by atoms with Gasteiger partial charge in [0.1, 0.15) is 6.10 Å². The largest absolute Gasteiger partial charge is 0.458 e. The second-order valence-electron chi connectivity index (χ2n) is 2.66. The number of esters is 1. The van der Waals surface area contributed by atoms with E-state index in [0.29, 0.717) is 13.2 Å². The van der Waals surface area contributed by atoms with Gasteiger partial charge in [0.25, 0.3) is 0 Å². The van der Waals surface area contributed by atoms with E-state index in [1.54, 1.807) is 6.92 Å². The molecule has 3 N–H and O–H groups in total. The number of aliphatic hydroxyl groups is 1. The smallest absolute Gasteiger partial charge is 0.336 e. The number of hydrogen-bond acceptors (Lipinski definition) is 5. The van der Waals surface area contributed by atoms with Gasteiger partial charge in [-0.2, -0.15) is 0 Å². The number of ether oxygens (including phenoxy) is 2. The lowest BCUT2D eigenvalue weighted by atomic mass is 10.3. The Labute approximate surface area is 77.8 Å². The van der Waals surface area contributed by atoms with Crippen molar-refractivity contribution in [3.63, 3.8) is 0 Å². The second-order valence-corrected chi connectivity index (χ2v) is 2.66. The van der Waals surface area contributed by atoms with Gasteiger partial charge >= 0.3 is 5.97 Å². The van der Waals surface area contributed by atoms with Crippen molar-refractivity contribution in [2.45, 2.75) is 26.1 Å². The molecule has 0 bridgehead atoms. The van der Waals surface area contributed by atoms with Crippen LogP contribution in [0.3, 0.4) is 0 Å². The van der Waals surface area contributed by atoms with E-state index in [-0.39, 0.29) is 12.6 Å². The van der Waals surface area contributed by atoms with E-state index in [0.717, 1.165) is 0 Å². The summed E-state index contributed by atoms with van der Waals surface area (Å²) >= 11 is 0. The van der Waals surface area contributed by atoms with Crippen molar-refractivity contribution >= 4 is 5.97 Å². The molecule has 0 saturated heterocycles. The van der Waals surface area contributed by atoms with Crippen molar-refractivity contribution in [2.24, 2.45) is 5.73 Å². The Kier molecular flexibility index (Phi) is 6.48. The van der Waals surface area contributed by atoms with E-state index in [2.05, 4.69) is 0 Å². The summed E-state index contributed by atoms with van der Waals surface area (Å²) in [5.41, 5.74) is 5.07. The fourth-order valence-electron chi connectivity index (χ4n) is 0.691. The van der Waals surface area contributed by atoms with Crippen LogP contribution in [0.1, 0.15) is 13.8 Å². The van der Waals surface area contributed by atoms with Crippen molar-refractivity contribution in [1.82, 2.24) is 0 Å². The van der Waals surface area contributed by atoms with Gasteiger partial charge in [0.2, 0.25) is 0 Å². The first-order valence-corrected chi connectivity index (χ1v) is 4.28. The van der Waals surface area contributed by atoms with Crippen molar-refractivity contribution in [2.75, 3.05) is 19.8 Å². The standard InChI is InChI=1S/C8H17NO4/c1-3-12-5-6(2)13-8(11)7(10)4-9/h6-7,10H,3-5,9H2,1-2H3/t6?,7-/m0/s1. The van der Waals surface area contributed by atoms with Gasteiger partial charge in [-0.3, -0.25) is 0 Å². The summed E-state index contributed by atoms with van der Waals surface area (Å²) < 4.78 is 9.83. The van der Waals surface area contributed by atoms with Gasteiger partial charge in [0.05, 0.1) is 6.61 Å². The fourth-order valence-corrected chi connectivity index (χ4v) is 0.691. The number of carbonyl (C=O) groups excluding carboxylic acids is 1. The lowest BCUT2D eigenvalue weighted by molar-refractivity contribution is -0.160. The van der Waals surface area contributed by atoms with Gasteiger partial charge in [-0.25, -0.2) is 4.79 Å². The van der Waals surface area contributed by atoms with Gasteiger partial charge in [0, 0.05) is 13.2 Å². The van der Waals surface area contributed by atoms with Crippen LogP contribution in [0.25, 0.3) is 0 Å². The lowest BCUT2D eigenvalue weighted by Gasteiger charge is -2.14. The molecule has 2 atom stereocenters. The molecule has 0 saturated carbocycles. The van der Waals surface area contributed by atoms with Crippen molar-refractivity contribution in [3.05, 3.63) is 0 Å². The molecule has 0 aromatic heterocycles. The second kappa shape index (κ2) is 6.82. The summed E-state index contributed by atoms with van der Waals surface area (Å²) in [6.45, 7) is 4.32. The van der Waals surface area contributed by atoms with E-state index in [4.69, 9.17) is 20.3 Å². The predicted molar refractivity (Wildman–Crippen MR) is 47.1 cm³/mol. The maximum atomic E-state index is 10.9. The van der Waals surface area contributed by atoms with Crippen LogP contribution < -0.4 is 5.73 Å². The Bertz CT molecular complexity index is 151. The summed E-state index contributed by atoms with van der Waals surface area (Å²) in [5.74, 6) is -0.699. The van der Waals surface area contributed by atoms with Crippen molar-refractivity contribution in [1.29, 1.82) is 0 Å². The highest BCUT2D eigenvalue weighted by Gasteiger charge is 2.17. The van der Waals surface area contributed by atoms with E-state index in [1.165, 1.54) is 0 Å². The topological polar surface area (TPSA) is 81.8 Å². The van der Waals surface area contributed by atoms with E-state index >= 15 is 0 Å². The number of carbonyl (C=O) groups is 1. The molecule has 0 amide bonds. The van der Waals surface area contributed by atoms with Gasteiger partial charge in [-0.15, -0.1) is 0 Å². The molecule has 0 aliphatic heterocycles. The molecule has 0 radical (unpaired) electrons. The third-order valence-corrected chi connectivity index (χ3v) is 1.37. The molecule has 5 heteroatoms. The van der Waals surface area contributed by atoms with E-state index in [9.17, 15) is 4.79 Å². The highest BCUT2D eigenvalue weighted by Crippen LogP contribution is 1.95. The highest BCUT2D eigenvalue weighted by molar-refractivity contribution is 5.74. The molecule has 78 valence electrons. The maximum Gasteiger partial charge on any atom is 0.336 e. The van der Waals surface area contributed by atoms with Crippen LogP contribution >= 0.6 is 0 Å². The van der Waals surface area contributed by atoms with E-state index in [1.807, 2.05) is 6.92 Å². The Hall–Kier alpha value is -0.650. The summed E-state index contributed by atoms with van der Waals surface area (Å²) in [4.78, 5) is 10.9. The van der Waals surface area contributed by atoms with Gasteiger partial charge < -0.3 is 20.3 Å². The average molecular weight is 191 g/mol. The van der Waals surface area contributed by atoms with Crippen LogP contribution in [0.4, 0.5) is 0 Å². The molecule has 5 nitrogen and oxygen atoms in total. The first kappa shape index (κ1) is 12.3. The molecular formula is C8H17NO4. The SMILES string of the molecule is CCOCC(C)OC(=O)[C@@H](O)CN. The normalized spacial score (nSPS) is 15.1. The van der Waals surface area contributed by atoms with Gasteiger partial charge in [-0.05, 0) is 13.8 Å². The third kappa shape index (κ3) is 5.57. The third-order valence-electron chi connectivity index (χ3n) is 1.37. The van der Waals surface area contributed by atoms with Crippen LogP contribution in [0.15, 0.2) is 0 Å². The quantitative estimate of drug-likeness (QED) is 0.541. The highest BCUT2D eigenvalue weighted by atomic mass is 16.6. The zero-order valence-electron chi connectivity index (χ0n) is 8.03. The molecule has 0 aliphatic carbocycles. The molecule has 0 rings (SSSR count). The molecule has 0 aliphatic rings. The van der Waals surface area contributed by atoms with Crippen LogP contribution in [0.2, 0.25) is 0 Å². The van der Waals surface area contributed by atoms with Gasteiger partial charge in [0.15, 0.2) is 6.10 Å². The average Bonchev–Trinajstić information content (AvgIpc) is 2.13. The van der Waals surface area contributed by atoms with Crippen molar-refractivity contribution < 1.29 is 19.4 Å². The maximum absolute atomic E-state index is 10.9. The molecule has 1 unspecified atom stereocenters. The molecule has 0 spiro atoms. The number of nitrogens with two attached hydrogens (primary N) is 1. The Morgan fingerprint density at radius 1 is 1.62 bits per heavy atom. The molecule has 13 heavy (non-hydrogen) atoms. The minimum Gasteiger partial charge on any atom is -0.458 e. The fraction of sp³-hybridized carbons (Fsp3) is 0.875. The molecule has 0 fully saturated rings. The molecular weight excluding hydrogens is 174 g/mol. The first-order chi connectivity index (χ1) is 6.11. The zero-order chi connectivity index (χ0) is 10.3. The Balaban J connectivity index is 3.64. The minimum absolute atomic E-state index is 0.125. The van der Waals surface area contributed by atoms with Crippen molar-refractivity contribution in [3.8, 4) is 0 Å². The van der Waals surface area contributed by atoms with Crippen LogP contribution in [-0.4, -0.2) is 43.0 Å². The predicted octanol–water partition coefficient (Wildman–Crippen LogP) is -0.726. The van der Waals surface area contributed by atoms with Crippen LogP contribution in [-0.2, 0) is 14.3 Å². The van der Waals surface area contributed by atoms with Crippen LogP contribution in [0.5, 0.6) is 0 Å². The Morgan fingerprint density at radius 2 is 2.23 bits per heavy atom. The molecule has 0 heterocycles. The summed E-state index contributed by atoms with van der Waals surface area (Å²) in [7, 11) is 0. The number of rotatable bonds is 6. The Morgan fingerprint density at radius 3 is 2.69 bits per heavy atom. The summed E-state index contributed by atoms with van der Waals surface area (Å²) in [5, 5.41) is 8.96. The van der Waals surface area contributed by atoms with Crippen LogP contribution in [0, 0.1) is 0 Å². The first-order valence-electron chi connectivity index (χ1n) is 4.28. The van der Waals surface area contributed by atoms with Gasteiger partial charge in [-0.1, -0.05) is 0 Å². The molecule has 0 aromatic carbocycles. The minimum atomic E-state index is -1.23. The number of hydrogen-bond donors (Lipinski definition) is 2. The lowest BCUT2D eigenvalue weighted by Crippen LogP contribution is -2.34. The van der Waals surface area contributed by atoms with E-state index < -0.39 is 12.1 Å². The zero-order valence-corrected chi connectivity index (χ0v) is 8.03.